The zero-order chi connectivity index (χ0) is 13.7. The van der Waals surface area contributed by atoms with Crippen LogP contribution in [0.25, 0.3) is 0 Å². The molecule has 1 aromatic carbocycles. The maximum Gasteiger partial charge on any atom is 0.341 e. The average molecular weight is 259 g/mol. The standard InChI is InChI=1S/C14H13NO4/c1-18-13-12(14(16)17)7-11(8-15-13)19-9-10-5-3-2-4-6-10/h2-8H,9H2,1H3,(H,16,17). The fraction of sp³-hybridized carbons (Fsp3) is 0.143. The summed E-state index contributed by atoms with van der Waals surface area (Å²) in [5.41, 5.74) is 0.975. The van der Waals surface area contributed by atoms with E-state index in [2.05, 4.69) is 4.98 Å². The molecule has 0 saturated heterocycles. The van der Waals surface area contributed by atoms with Gasteiger partial charge in [-0.05, 0) is 5.56 Å². The van der Waals surface area contributed by atoms with Gasteiger partial charge >= 0.3 is 5.97 Å². The third-order valence-corrected chi connectivity index (χ3v) is 2.50. The number of ether oxygens (including phenoxy) is 2. The van der Waals surface area contributed by atoms with Gasteiger partial charge < -0.3 is 14.6 Å². The van der Waals surface area contributed by atoms with Crippen LogP contribution in [0, 0.1) is 0 Å². The minimum absolute atomic E-state index is 0.0203. The van der Waals surface area contributed by atoms with Crippen molar-refractivity contribution >= 4 is 5.97 Å². The molecule has 98 valence electrons. The van der Waals surface area contributed by atoms with Crippen molar-refractivity contribution in [2.24, 2.45) is 0 Å². The van der Waals surface area contributed by atoms with Crippen LogP contribution in [0.15, 0.2) is 42.6 Å². The summed E-state index contributed by atoms with van der Waals surface area (Å²) < 4.78 is 10.4. The molecule has 2 aromatic rings. The molecular weight excluding hydrogens is 246 g/mol. The largest absolute Gasteiger partial charge is 0.487 e. The second-order valence-corrected chi connectivity index (χ2v) is 3.81. The molecule has 0 aliphatic heterocycles. The summed E-state index contributed by atoms with van der Waals surface area (Å²) in [5, 5.41) is 9.03. The lowest BCUT2D eigenvalue weighted by Crippen LogP contribution is -2.04. The topological polar surface area (TPSA) is 68.7 Å². The van der Waals surface area contributed by atoms with Crippen LogP contribution >= 0.6 is 0 Å². The first-order valence-electron chi connectivity index (χ1n) is 5.64. The van der Waals surface area contributed by atoms with E-state index in [1.807, 2.05) is 30.3 Å². The molecule has 0 unspecified atom stereocenters. The molecule has 0 atom stereocenters. The van der Waals surface area contributed by atoms with Gasteiger partial charge in [-0.15, -0.1) is 0 Å². The fourth-order valence-corrected chi connectivity index (χ4v) is 1.57. The predicted molar refractivity (Wildman–Crippen MR) is 68.5 cm³/mol. The van der Waals surface area contributed by atoms with Crippen molar-refractivity contribution < 1.29 is 19.4 Å². The van der Waals surface area contributed by atoms with Crippen LogP contribution in [0.5, 0.6) is 11.6 Å². The van der Waals surface area contributed by atoms with Crippen LogP contribution in [0.2, 0.25) is 0 Å². The third kappa shape index (κ3) is 3.22. The minimum atomic E-state index is -1.10. The number of carboxylic acid groups (broad SMARTS) is 1. The van der Waals surface area contributed by atoms with Gasteiger partial charge in [0.25, 0.3) is 0 Å². The number of aromatic carboxylic acids is 1. The molecule has 1 N–H and O–H groups in total. The molecule has 19 heavy (non-hydrogen) atoms. The van der Waals surface area contributed by atoms with Gasteiger partial charge in [0.2, 0.25) is 5.88 Å². The number of carbonyl (C=O) groups is 1. The van der Waals surface area contributed by atoms with Gasteiger partial charge in [-0.25, -0.2) is 9.78 Å². The van der Waals surface area contributed by atoms with Crippen molar-refractivity contribution in [1.82, 2.24) is 4.98 Å². The van der Waals surface area contributed by atoms with Gasteiger partial charge in [0.1, 0.15) is 17.9 Å². The number of benzene rings is 1. The minimum Gasteiger partial charge on any atom is -0.487 e. The molecule has 1 aromatic heterocycles. The Balaban J connectivity index is 2.13. The highest BCUT2D eigenvalue weighted by Crippen LogP contribution is 2.21. The van der Waals surface area contributed by atoms with E-state index in [0.717, 1.165) is 5.56 Å². The van der Waals surface area contributed by atoms with E-state index in [1.54, 1.807) is 0 Å². The maximum absolute atomic E-state index is 11.0. The highest BCUT2D eigenvalue weighted by atomic mass is 16.5. The van der Waals surface area contributed by atoms with Crippen molar-refractivity contribution in [1.29, 1.82) is 0 Å². The summed E-state index contributed by atoms with van der Waals surface area (Å²) in [7, 11) is 1.37. The molecule has 0 radical (unpaired) electrons. The molecule has 5 heteroatoms. The fourth-order valence-electron chi connectivity index (χ4n) is 1.57. The number of carboxylic acids is 1. The number of hydrogen-bond donors (Lipinski definition) is 1. The Labute approximate surface area is 110 Å². The van der Waals surface area contributed by atoms with Gasteiger partial charge in [-0.1, -0.05) is 30.3 Å². The Bertz CT molecular complexity index is 569. The van der Waals surface area contributed by atoms with Crippen molar-refractivity contribution in [3.05, 3.63) is 53.7 Å². The number of pyridine rings is 1. The molecule has 1 heterocycles. The van der Waals surface area contributed by atoms with Crippen LogP contribution in [0.4, 0.5) is 0 Å². The van der Waals surface area contributed by atoms with Gasteiger partial charge in [0, 0.05) is 6.07 Å². The molecule has 5 nitrogen and oxygen atoms in total. The maximum atomic E-state index is 11.0. The first-order valence-corrected chi connectivity index (χ1v) is 5.64. The summed E-state index contributed by atoms with van der Waals surface area (Å²) in [6, 6.07) is 11.0. The van der Waals surface area contributed by atoms with Crippen molar-refractivity contribution in [3.63, 3.8) is 0 Å². The Kier molecular flexibility index (Phi) is 3.97. The average Bonchev–Trinajstić information content (AvgIpc) is 2.46. The molecule has 0 saturated carbocycles. The van der Waals surface area contributed by atoms with Gasteiger partial charge in [0.05, 0.1) is 13.3 Å². The van der Waals surface area contributed by atoms with E-state index in [9.17, 15) is 4.79 Å². The first-order chi connectivity index (χ1) is 9.20. The van der Waals surface area contributed by atoms with Crippen molar-refractivity contribution in [2.75, 3.05) is 7.11 Å². The monoisotopic (exact) mass is 259 g/mol. The summed E-state index contributed by atoms with van der Waals surface area (Å²) in [4.78, 5) is 14.9. The van der Waals surface area contributed by atoms with Crippen LogP contribution in [0.1, 0.15) is 15.9 Å². The van der Waals surface area contributed by atoms with E-state index < -0.39 is 5.97 Å². The number of methoxy groups -OCH3 is 1. The molecule has 0 bridgehead atoms. The lowest BCUT2D eigenvalue weighted by atomic mass is 10.2. The van der Waals surface area contributed by atoms with Crippen molar-refractivity contribution in [3.8, 4) is 11.6 Å². The molecule has 0 amide bonds. The van der Waals surface area contributed by atoms with E-state index in [-0.39, 0.29) is 11.4 Å². The predicted octanol–water partition coefficient (Wildman–Crippen LogP) is 2.37. The second-order valence-electron chi connectivity index (χ2n) is 3.81. The zero-order valence-electron chi connectivity index (χ0n) is 10.4. The Morgan fingerprint density at radius 1 is 1.32 bits per heavy atom. The summed E-state index contributed by atoms with van der Waals surface area (Å²) >= 11 is 0. The highest BCUT2D eigenvalue weighted by Gasteiger charge is 2.13. The zero-order valence-corrected chi connectivity index (χ0v) is 10.4. The lowest BCUT2D eigenvalue weighted by molar-refractivity contribution is 0.0691. The molecule has 2 rings (SSSR count). The van der Waals surface area contributed by atoms with Crippen LogP contribution in [-0.2, 0) is 6.61 Å². The SMILES string of the molecule is COc1ncc(OCc2ccccc2)cc1C(=O)O. The van der Waals surface area contributed by atoms with Crippen molar-refractivity contribution in [2.45, 2.75) is 6.61 Å². The van der Waals surface area contributed by atoms with E-state index in [1.165, 1.54) is 19.4 Å². The summed E-state index contributed by atoms with van der Waals surface area (Å²) in [6.07, 6.45) is 1.44. The van der Waals surface area contributed by atoms with E-state index >= 15 is 0 Å². The Morgan fingerprint density at radius 2 is 2.05 bits per heavy atom. The smallest absolute Gasteiger partial charge is 0.341 e. The second kappa shape index (κ2) is 5.86. The first kappa shape index (κ1) is 12.9. The lowest BCUT2D eigenvalue weighted by Gasteiger charge is -2.08. The van der Waals surface area contributed by atoms with Gasteiger partial charge in [-0.2, -0.15) is 0 Å². The quantitative estimate of drug-likeness (QED) is 0.892. The Hall–Kier alpha value is -2.56. The van der Waals surface area contributed by atoms with Crippen LogP contribution < -0.4 is 9.47 Å². The normalized spacial score (nSPS) is 9.95. The van der Waals surface area contributed by atoms with E-state index in [0.29, 0.717) is 12.4 Å². The third-order valence-electron chi connectivity index (χ3n) is 2.50. The Morgan fingerprint density at radius 3 is 2.68 bits per heavy atom. The highest BCUT2D eigenvalue weighted by molar-refractivity contribution is 5.90. The molecule has 0 fully saturated rings. The number of nitrogens with zero attached hydrogens (tertiary/aromatic N) is 1. The van der Waals surface area contributed by atoms with Crippen LogP contribution in [0.3, 0.4) is 0 Å². The molecular formula is C14H13NO4. The summed E-state index contributed by atoms with van der Waals surface area (Å²) in [6.45, 7) is 0.355. The van der Waals surface area contributed by atoms with Gasteiger partial charge in [-0.3, -0.25) is 0 Å². The van der Waals surface area contributed by atoms with Gasteiger partial charge in [0.15, 0.2) is 0 Å². The number of aromatic nitrogens is 1. The van der Waals surface area contributed by atoms with E-state index in [4.69, 9.17) is 14.6 Å². The number of rotatable bonds is 5. The molecule has 0 aliphatic carbocycles. The molecule has 0 spiro atoms. The summed E-state index contributed by atoms with van der Waals surface area (Å²) in [5.74, 6) is -0.642. The van der Waals surface area contributed by atoms with Crippen LogP contribution in [-0.4, -0.2) is 23.2 Å². The number of hydrogen-bond acceptors (Lipinski definition) is 4. The molecule has 0 aliphatic rings.